The number of aromatic amines is 1. The Bertz CT molecular complexity index is 872. The van der Waals surface area contributed by atoms with Crippen molar-refractivity contribution in [2.75, 3.05) is 6.61 Å². The molecule has 0 radical (unpaired) electrons. The molecule has 3 rings (SSSR count). The highest BCUT2D eigenvalue weighted by atomic mass is 31.2. The molecule has 2 saturated heterocycles. The van der Waals surface area contributed by atoms with Crippen LogP contribution < -0.4 is 11.2 Å². The van der Waals surface area contributed by atoms with E-state index in [4.69, 9.17) is 18.3 Å². The molecule has 10 nitrogen and oxygen atoms in total. The first-order chi connectivity index (χ1) is 11.7. The minimum atomic E-state index is -3.85. The van der Waals surface area contributed by atoms with Crippen LogP contribution in [0.4, 0.5) is 0 Å². The monoisotopic (exact) mass is 371 g/mol. The van der Waals surface area contributed by atoms with Crippen LogP contribution in [0.5, 0.6) is 0 Å². The molecule has 3 heterocycles. The maximum Gasteiger partial charge on any atom is 0.475 e. The molecule has 2 unspecified atom stereocenters. The molecule has 25 heavy (non-hydrogen) atoms. The Hall–Kier alpha value is -1.76. The molecule has 2 fully saturated rings. The van der Waals surface area contributed by atoms with Crippen molar-refractivity contribution in [3.63, 3.8) is 0 Å². The Morgan fingerprint density at radius 1 is 1.52 bits per heavy atom. The molecule has 0 saturated carbocycles. The summed E-state index contributed by atoms with van der Waals surface area (Å²) < 4.78 is 35.4. The number of nitriles is 1. The van der Waals surface area contributed by atoms with E-state index in [-0.39, 0.29) is 6.61 Å². The summed E-state index contributed by atoms with van der Waals surface area (Å²) in [4.78, 5) is 25.4. The van der Waals surface area contributed by atoms with Crippen LogP contribution in [0.15, 0.2) is 21.9 Å². The molecule has 11 heteroatoms. The Balaban J connectivity index is 1.98. The van der Waals surface area contributed by atoms with Crippen molar-refractivity contribution in [1.29, 1.82) is 5.26 Å². The van der Waals surface area contributed by atoms with Crippen LogP contribution in [0.1, 0.15) is 27.0 Å². The summed E-state index contributed by atoms with van der Waals surface area (Å²) in [5, 5.41) is 9.72. The number of phosphoric ester groups is 1. The first kappa shape index (κ1) is 18.0. The fourth-order valence-corrected chi connectivity index (χ4v) is 4.59. The number of phosphoric acid groups is 1. The van der Waals surface area contributed by atoms with Crippen molar-refractivity contribution in [3.05, 3.63) is 33.1 Å². The van der Waals surface area contributed by atoms with Gasteiger partial charge in [-0.2, -0.15) is 5.26 Å². The quantitative estimate of drug-likeness (QED) is 0.775. The van der Waals surface area contributed by atoms with Gasteiger partial charge in [-0.1, -0.05) is 0 Å². The summed E-state index contributed by atoms with van der Waals surface area (Å²) >= 11 is 0. The molecule has 0 bridgehead atoms. The molecule has 2 aliphatic heterocycles. The lowest BCUT2D eigenvalue weighted by Gasteiger charge is -2.34. The zero-order chi connectivity index (χ0) is 18.4. The fraction of sp³-hybridized carbons (Fsp3) is 0.643. The fourth-order valence-electron chi connectivity index (χ4n) is 2.94. The molecular formula is C14H18N3O7P. The Morgan fingerprint density at radius 2 is 2.24 bits per heavy atom. The van der Waals surface area contributed by atoms with Crippen LogP contribution in [0.2, 0.25) is 0 Å². The molecule has 1 N–H and O–H groups in total. The first-order valence-electron chi connectivity index (χ1n) is 7.68. The van der Waals surface area contributed by atoms with E-state index in [1.165, 1.54) is 13.1 Å². The van der Waals surface area contributed by atoms with E-state index in [1.807, 2.05) is 0 Å². The Labute approximate surface area is 142 Å². The van der Waals surface area contributed by atoms with Gasteiger partial charge in [0.1, 0.15) is 17.6 Å². The number of hydrogen-bond acceptors (Lipinski definition) is 8. The molecular weight excluding hydrogens is 353 g/mol. The summed E-state index contributed by atoms with van der Waals surface area (Å²) in [5.41, 5.74) is -2.64. The van der Waals surface area contributed by atoms with Gasteiger partial charge in [-0.3, -0.25) is 27.9 Å². The molecule has 0 aliphatic carbocycles. The van der Waals surface area contributed by atoms with Gasteiger partial charge in [-0.25, -0.2) is 9.36 Å². The summed E-state index contributed by atoms with van der Waals surface area (Å²) in [5.74, 6) is 0. The number of H-pyrrole nitrogens is 1. The minimum absolute atomic E-state index is 0.111. The van der Waals surface area contributed by atoms with Crippen LogP contribution in [0, 0.1) is 16.7 Å². The molecule has 0 aromatic carbocycles. The lowest BCUT2D eigenvalue weighted by molar-refractivity contribution is -0.0749. The second-order valence-electron chi connectivity index (χ2n) is 6.36. The predicted molar refractivity (Wildman–Crippen MR) is 83.6 cm³/mol. The number of nitrogens with one attached hydrogen (secondary N) is 1. The van der Waals surface area contributed by atoms with E-state index in [1.54, 1.807) is 13.8 Å². The van der Waals surface area contributed by atoms with Gasteiger partial charge in [-0.05, 0) is 20.8 Å². The number of nitrogens with zero attached hydrogens (tertiary/aromatic N) is 2. The minimum Gasteiger partial charge on any atom is -0.348 e. The third-order valence-corrected chi connectivity index (χ3v) is 5.70. The van der Waals surface area contributed by atoms with E-state index in [0.717, 1.165) is 10.6 Å². The summed E-state index contributed by atoms with van der Waals surface area (Å²) in [6.07, 6.45) is -1.86. The van der Waals surface area contributed by atoms with Gasteiger partial charge < -0.3 is 4.74 Å². The average molecular weight is 371 g/mol. The second-order valence-corrected chi connectivity index (χ2v) is 7.94. The molecule has 0 spiro atoms. The van der Waals surface area contributed by atoms with Crippen molar-refractivity contribution < 1.29 is 22.9 Å². The first-order valence-corrected chi connectivity index (χ1v) is 9.14. The zero-order valence-electron chi connectivity index (χ0n) is 13.9. The number of hydrogen-bond donors (Lipinski definition) is 1. The Morgan fingerprint density at radius 3 is 2.84 bits per heavy atom. The van der Waals surface area contributed by atoms with Gasteiger partial charge in [0.25, 0.3) is 5.56 Å². The van der Waals surface area contributed by atoms with Gasteiger partial charge in [0.2, 0.25) is 0 Å². The van der Waals surface area contributed by atoms with Crippen molar-refractivity contribution in [2.24, 2.45) is 5.41 Å². The molecule has 136 valence electrons. The summed E-state index contributed by atoms with van der Waals surface area (Å²) in [7, 11) is -3.85. The standard InChI is InChI=1S/C14H18N3O7P/c1-8(2)23-25(20)21-6-9-11(24-25)14(3,7-15)12(22-9)17-5-4-10(18)16-13(17)19/h4-5,8-9,11-12H,6H2,1-3H3,(H,16,18,19)/t9?,11-,12+,14-,25?/m1/s1. The maximum atomic E-state index is 12.6. The van der Waals surface area contributed by atoms with E-state index in [2.05, 4.69) is 11.1 Å². The van der Waals surface area contributed by atoms with E-state index in [9.17, 15) is 19.4 Å². The lowest BCUT2D eigenvalue weighted by Crippen LogP contribution is -2.43. The van der Waals surface area contributed by atoms with Crippen molar-refractivity contribution in [2.45, 2.75) is 45.3 Å². The van der Waals surface area contributed by atoms with Gasteiger partial charge >= 0.3 is 13.5 Å². The normalized spacial score (nSPS) is 37.6. The highest BCUT2D eigenvalue weighted by molar-refractivity contribution is 7.48. The van der Waals surface area contributed by atoms with Crippen molar-refractivity contribution in [1.82, 2.24) is 9.55 Å². The molecule has 1 aromatic rings. The highest BCUT2D eigenvalue weighted by Crippen LogP contribution is 2.61. The maximum absolute atomic E-state index is 12.6. The van der Waals surface area contributed by atoms with Gasteiger partial charge in [0, 0.05) is 12.3 Å². The summed E-state index contributed by atoms with van der Waals surface area (Å²) in [6.45, 7) is 4.77. The second kappa shape index (κ2) is 6.20. The largest absolute Gasteiger partial charge is 0.475 e. The van der Waals surface area contributed by atoms with E-state index >= 15 is 0 Å². The smallest absolute Gasteiger partial charge is 0.348 e. The van der Waals surface area contributed by atoms with E-state index in [0.29, 0.717) is 0 Å². The third-order valence-electron chi connectivity index (χ3n) is 4.07. The van der Waals surface area contributed by atoms with Gasteiger partial charge in [-0.15, -0.1) is 0 Å². The van der Waals surface area contributed by atoms with Crippen LogP contribution in [-0.2, 0) is 22.9 Å². The molecule has 2 aliphatic rings. The number of fused-ring (bicyclic) bond motifs is 1. The van der Waals surface area contributed by atoms with Gasteiger partial charge in [0.15, 0.2) is 6.23 Å². The average Bonchev–Trinajstić information content (AvgIpc) is 2.79. The molecule has 0 amide bonds. The van der Waals surface area contributed by atoms with E-state index < -0.39 is 49.0 Å². The van der Waals surface area contributed by atoms with Crippen LogP contribution >= 0.6 is 7.82 Å². The number of ether oxygens (including phenoxy) is 1. The van der Waals surface area contributed by atoms with Crippen LogP contribution in [0.25, 0.3) is 0 Å². The number of rotatable bonds is 3. The van der Waals surface area contributed by atoms with Crippen LogP contribution in [0.3, 0.4) is 0 Å². The number of aromatic nitrogens is 2. The van der Waals surface area contributed by atoms with Gasteiger partial charge in [0.05, 0.1) is 18.8 Å². The van der Waals surface area contributed by atoms with Crippen molar-refractivity contribution >= 4 is 7.82 Å². The zero-order valence-corrected chi connectivity index (χ0v) is 14.8. The SMILES string of the molecule is CC(C)OP1(=O)OCC2O[C@H](n3ccc(=O)[nH]c3=O)[C@](C)(C#N)[C@@H]2O1. The highest BCUT2D eigenvalue weighted by Gasteiger charge is 2.61. The molecule has 5 atom stereocenters. The summed E-state index contributed by atoms with van der Waals surface area (Å²) in [6, 6.07) is 3.23. The Kier molecular flexibility index (Phi) is 4.47. The lowest BCUT2D eigenvalue weighted by atomic mass is 9.84. The van der Waals surface area contributed by atoms with Crippen LogP contribution in [-0.4, -0.2) is 34.5 Å². The predicted octanol–water partition coefficient (Wildman–Crippen LogP) is 0.912. The molecule has 1 aromatic heterocycles. The third kappa shape index (κ3) is 3.10. The topological polar surface area (TPSA) is 133 Å². The van der Waals surface area contributed by atoms with Crippen molar-refractivity contribution in [3.8, 4) is 6.07 Å².